The monoisotopic (exact) mass is 426 g/mol. The molecule has 3 aliphatic rings. The molecule has 1 aromatic carbocycles. The van der Waals surface area contributed by atoms with Gasteiger partial charge in [0.2, 0.25) is 0 Å². The van der Waals surface area contributed by atoms with E-state index in [1.807, 2.05) is 0 Å². The van der Waals surface area contributed by atoms with Gasteiger partial charge < -0.3 is 11.1 Å². The molecule has 1 aromatic rings. The molecule has 0 radical (unpaired) electrons. The number of fused-ring (bicyclic) bond motifs is 2. The minimum absolute atomic E-state index is 0.146. The summed E-state index contributed by atoms with van der Waals surface area (Å²) in [6.07, 6.45) is 11.2. The zero-order valence-corrected chi connectivity index (χ0v) is 20.1. The number of nitrogens with two attached hydrogens (primary N) is 1. The molecule has 30 heavy (non-hydrogen) atoms. The van der Waals surface area contributed by atoms with Crippen molar-refractivity contribution in [2.24, 2.45) is 34.8 Å². The van der Waals surface area contributed by atoms with Crippen LogP contribution in [0.5, 0.6) is 0 Å². The fraction of sp³-hybridized carbons (Fsp3) is 0.741. The number of rotatable bonds is 5. The van der Waals surface area contributed by atoms with Gasteiger partial charge in [0, 0.05) is 11.5 Å². The molecule has 4 rings (SSSR count). The Bertz CT molecular complexity index is 722. The highest BCUT2D eigenvalue weighted by Crippen LogP contribution is 2.61. The van der Waals surface area contributed by atoms with E-state index in [1.54, 1.807) is 5.56 Å². The summed E-state index contributed by atoms with van der Waals surface area (Å²) >= 11 is 6.23. The molecule has 2 bridgehead atoms. The highest BCUT2D eigenvalue weighted by atomic mass is 32.1. The lowest BCUT2D eigenvalue weighted by molar-refractivity contribution is 0.00318. The van der Waals surface area contributed by atoms with E-state index in [1.165, 1.54) is 56.4 Å². The summed E-state index contributed by atoms with van der Waals surface area (Å²) in [5.41, 5.74) is 7.90. The Morgan fingerprint density at radius 3 is 2.40 bits per heavy atom. The molecule has 0 spiro atoms. The smallest absolute Gasteiger partial charge is 0.0818 e. The van der Waals surface area contributed by atoms with Gasteiger partial charge in [-0.2, -0.15) is 0 Å². The van der Waals surface area contributed by atoms with E-state index in [2.05, 4.69) is 56.4 Å². The van der Waals surface area contributed by atoms with E-state index in [0.717, 1.165) is 36.6 Å². The van der Waals surface area contributed by atoms with Gasteiger partial charge >= 0.3 is 0 Å². The topological polar surface area (TPSA) is 38.0 Å². The summed E-state index contributed by atoms with van der Waals surface area (Å²) in [6.45, 7) is 8.21. The first-order chi connectivity index (χ1) is 14.4. The summed E-state index contributed by atoms with van der Waals surface area (Å²) in [5, 5.41) is 3.90. The van der Waals surface area contributed by atoms with E-state index in [0.29, 0.717) is 6.04 Å². The molecule has 0 amide bonds. The Morgan fingerprint density at radius 1 is 1.07 bits per heavy atom. The quantitative estimate of drug-likeness (QED) is 0.548. The first-order valence-corrected chi connectivity index (χ1v) is 12.9. The maximum atomic E-state index is 6.23. The van der Waals surface area contributed by atoms with E-state index in [9.17, 15) is 0 Å². The van der Waals surface area contributed by atoms with E-state index >= 15 is 0 Å². The van der Waals surface area contributed by atoms with Crippen LogP contribution in [0.4, 0.5) is 0 Å². The third-order valence-electron chi connectivity index (χ3n) is 9.40. The molecular weight excluding hydrogens is 384 g/mol. The zero-order chi connectivity index (χ0) is 21.4. The van der Waals surface area contributed by atoms with Crippen molar-refractivity contribution in [1.82, 2.24) is 5.32 Å². The van der Waals surface area contributed by atoms with Crippen LogP contribution >= 0.6 is 12.2 Å². The van der Waals surface area contributed by atoms with Crippen LogP contribution in [0.3, 0.4) is 0 Å². The standard InChI is InChI=1S/C27H42N2S/c1-4-26(25(30)29-24-12-10-21(17-28)11-13-24)15-22-16-27(18-26,14-19(2)20(22)3)23-8-6-5-7-9-23/h5-9,19-22,24H,4,10-18,28H2,1-3H3,(H,29,30). The number of nitrogens with one attached hydrogen (secondary N) is 1. The predicted molar refractivity (Wildman–Crippen MR) is 132 cm³/mol. The van der Waals surface area contributed by atoms with Crippen molar-refractivity contribution >= 4 is 17.2 Å². The molecule has 0 heterocycles. The van der Waals surface area contributed by atoms with Crippen LogP contribution < -0.4 is 11.1 Å². The molecule has 3 heteroatoms. The first-order valence-electron chi connectivity index (χ1n) is 12.5. The largest absolute Gasteiger partial charge is 0.376 e. The lowest BCUT2D eigenvalue weighted by Crippen LogP contribution is -2.56. The Balaban J connectivity index is 1.59. The highest BCUT2D eigenvalue weighted by Gasteiger charge is 2.55. The van der Waals surface area contributed by atoms with Crippen molar-refractivity contribution < 1.29 is 0 Å². The van der Waals surface area contributed by atoms with Gasteiger partial charge in [-0.15, -0.1) is 0 Å². The first kappa shape index (κ1) is 22.3. The number of hydrogen-bond donors (Lipinski definition) is 2. The molecule has 3 saturated carbocycles. The van der Waals surface area contributed by atoms with Gasteiger partial charge in [-0.1, -0.05) is 63.3 Å². The summed E-state index contributed by atoms with van der Waals surface area (Å²) in [6, 6.07) is 11.9. The van der Waals surface area contributed by atoms with Crippen molar-refractivity contribution in [3.63, 3.8) is 0 Å². The van der Waals surface area contributed by atoms with Crippen molar-refractivity contribution in [3.8, 4) is 0 Å². The van der Waals surface area contributed by atoms with E-state index < -0.39 is 0 Å². The average Bonchev–Trinajstić information content (AvgIpc) is 2.78. The third kappa shape index (κ3) is 4.09. The molecule has 0 aliphatic heterocycles. The Hall–Kier alpha value is -0.930. The van der Waals surface area contributed by atoms with Crippen LogP contribution in [0, 0.1) is 29.1 Å². The predicted octanol–water partition coefficient (Wildman–Crippen LogP) is 6.23. The average molecular weight is 427 g/mol. The molecule has 3 aliphatic carbocycles. The van der Waals surface area contributed by atoms with Gasteiger partial charge in [0.25, 0.3) is 0 Å². The maximum absolute atomic E-state index is 6.23. The van der Waals surface area contributed by atoms with Gasteiger partial charge in [-0.3, -0.25) is 0 Å². The van der Waals surface area contributed by atoms with Crippen molar-refractivity contribution in [2.75, 3.05) is 6.54 Å². The third-order valence-corrected chi connectivity index (χ3v) is 9.95. The van der Waals surface area contributed by atoms with Crippen LogP contribution in [-0.4, -0.2) is 17.6 Å². The molecule has 0 saturated heterocycles. The van der Waals surface area contributed by atoms with Gasteiger partial charge in [-0.25, -0.2) is 0 Å². The van der Waals surface area contributed by atoms with Gasteiger partial charge in [-0.05, 0) is 99.0 Å². The zero-order valence-electron chi connectivity index (χ0n) is 19.3. The van der Waals surface area contributed by atoms with E-state index in [-0.39, 0.29) is 10.8 Å². The number of hydrogen-bond acceptors (Lipinski definition) is 2. The minimum Gasteiger partial charge on any atom is -0.376 e. The minimum atomic E-state index is 0.146. The Kier molecular flexibility index (Phi) is 6.61. The number of benzene rings is 1. The van der Waals surface area contributed by atoms with Crippen molar-refractivity contribution in [2.45, 2.75) is 90.0 Å². The van der Waals surface area contributed by atoms with E-state index in [4.69, 9.17) is 18.0 Å². The highest BCUT2D eigenvalue weighted by molar-refractivity contribution is 7.80. The van der Waals surface area contributed by atoms with Crippen molar-refractivity contribution in [3.05, 3.63) is 35.9 Å². The molecule has 2 nitrogen and oxygen atoms in total. The Labute approximate surface area is 189 Å². The summed E-state index contributed by atoms with van der Waals surface area (Å²) < 4.78 is 0. The van der Waals surface area contributed by atoms with Crippen LogP contribution in [0.1, 0.15) is 84.1 Å². The lowest BCUT2D eigenvalue weighted by atomic mass is 9.47. The summed E-state index contributed by atoms with van der Waals surface area (Å²) in [5.74, 6) is 3.06. The number of thiocarbonyl (C=S) groups is 1. The van der Waals surface area contributed by atoms with Crippen LogP contribution in [-0.2, 0) is 5.41 Å². The molecule has 3 fully saturated rings. The van der Waals surface area contributed by atoms with Crippen LogP contribution in [0.25, 0.3) is 0 Å². The molecule has 3 N–H and O–H groups in total. The molecule has 0 aromatic heterocycles. The van der Waals surface area contributed by atoms with Gasteiger partial charge in [0.05, 0.1) is 4.99 Å². The maximum Gasteiger partial charge on any atom is 0.0818 e. The SMILES string of the molecule is CCC1(C(=S)NC2CCC(CN)CC2)CC2CC(c3ccccc3)(CC(C)C2C)C1. The van der Waals surface area contributed by atoms with Crippen LogP contribution in [0.15, 0.2) is 30.3 Å². The molecule has 5 atom stereocenters. The summed E-state index contributed by atoms with van der Waals surface area (Å²) in [4.78, 5) is 1.17. The van der Waals surface area contributed by atoms with Crippen molar-refractivity contribution in [1.29, 1.82) is 0 Å². The molecule has 166 valence electrons. The van der Waals surface area contributed by atoms with Gasteiger partial charge in [0.1, 0.15) is 0 Å². The second-order valence-corrected chi connectivity index (χ2v) is 11.5. The Morgan fingerprint density at radius 2 is 1.77 bits per heavy atom. The van der Waals surface area contributed by atoms with Crippen LogP contribution in [0.2, 0.25) is 0 Å². The lowest BCUT2D eigenvalue weighted by Gasteiger charge is -2.58. The second-order valence-electron chi connectivity index (χ2n) is 11.1. The molecule has 5 unspecified atom stereocenters. The van der Waals surface area contributed by atoms with Gasteiger partial charge in [0.15, 0.2) is 0 Å². The summed E-state index contributed by atoms with van der Waals surface area (Å²) in [7, 11) is 0. The normalized spacial score (nSPS) is 41.3. The fourth-order valence-corrected chi connectivity index (χ4v) is 7.74. The second kappa shape index (κ2) is 8.90. The molecular formula is C27H42N2S. The fourth-order valence-electron chi connectivity index (χ4n) is 7.28.